The molecule has 0 amide bonds. The molecule has 4 aromatic rings. The molecule has 0 unspecified atom stereocenters. The van der Waals surface area contributed by atoms with Crippen LogP contribution in [0.3, 0.4) is 0 Å². The number of carboxylic acid groups (broad SMARTS) is 1. The van der Waals surface area contributed by atoms with Gasteiger partial charge in [-0.05, 0) is 53.6 Å². The van der Waals surface area contributed by atoms with E-state index in [9.17, 15) is 9.90 Å². The number of hydrogen-bond donors (Lipinski definition) is 2. The highest BCUT2D eigenvalue weighted by Gasteiger charge is 2.14. The number of fused-ring (bicyclic) bond motifs is 1. The van der Waals surface area contributed by atoms with Crippen LogP contribution in [0.5, 0.6) is 0 Å². The van der Waals surface area contributed by atoms with Crippen molar-refractivity contribution in [3.63, 3.8) is 0 Å². The Labute approximate surface area is 205 Å². The molecule has 7 nitrogen and oxygen atoms in total. The van der Waals surface area contributed by atoms with Crippen LogP contribution in [0, 0.1) is 0 Å². The largest absolute Gasteiger partial charge is 0.478 e. The number of aromatic nitrogens is 3. The smallest absolute Gasteiger partial charge is 0.336 e. The van der Waals surface area contributed by atoms with Crippen LogP contribution in [0.25, 0.3) is 16.9 Å². The van der Waals surface area contributed by atoms with Crippen molar-refractivity contribution in [2.45, 2.75) is 13.0 Å². The number of rotatable bonds is 9. The van der Waals surface area contributed by atoms with Crippen LogP contribution in [0.15, 0.2) is 65.3 Å². The molecule has 0 aliphatic rings. The maximum absolute atomic E-state index is 11.4. The molecule has 2 N–H and O–H groups in total. The highest BCUT2D eigenvalue weighted by molar-refractivity contribution is 9.10. The quantitative estimate of drug-likeness (QED) is 0.281. The molecule has 0 spiro atoms. The normalized spacial score (nSPS) is 11.3. The summed E-state index contributed by atoms with van der Waals surface area (Å²) in [6.07, 6.45) is 2.58. The Morgan fingerprint density at radius 2 is 1.97 bits per heavy atom. The Hall–Kier alpha value is -2.94. The van der Waals surface area contributed by atoms with Crippen LogP contribution >= 0.6 is 27.5 Å². The van der Waals surface area contributed by atoms with Crippen LogP contribution < -0.4 is 5.32 Å². The molecule has 2 aromatic heterocycles. The number of carboxylic acids is 1. The standard InChI is InChI=1S/C24H23BrClN5O2/c1-30(15-16-7-2-3-8-17(16)24(32)33)12-6-11-27-22-13-21(18-9-4-5-10-20(18)26)29-23-19(25)14-28-31(22)23/h2-5,7-10,13-14,27H,6,11-12,15H2,1H3,(H,32,33). The van der Waals surface area contributed by atoms with Crippen LogP contribution in [0.2, 0.25) is 5.02 Å². The average Bonchev–Trinajstić information content (AvgIpc) is 3.18. The number of halogens is 2. The third kappa shape index (κ3) is 5.35. The number of nitrogens with one attached hydrogen (secondary N) is 1. The first kappa shape index (κ1) is 23.2. The van der Waals surface area contributed by atoms with E-state index in [4.69, 9.17) is 16.6 Å². The topological polar surface area (TPSA) is 82.8 Å². The fraction of sp³-hybridized carbons (Fsp3) is 0.208. The summed E-state index contributed by atoms with van der Waals surface area (Å²) in [5.74, 6) is -0.0819. The molecule has 0 bridgehead atoms. The predicted octanol–water partition coefficient (Wildman–Crippen LogP) is 5.44. The number of nitrogens with zero attached hydrogens (tertiary/aromatic N) is 4. The molecule has 9 heteroatoms. The number of carbonyl (C=O) groups is 1. The lowest BCUT2D eigenvalue weighted by Gasteiger charge is -2.18. The summed E-state index contributed by atoms with van der Waals surface area (Å²) in [6, 6.07) is 16.7. The predicted molar refractivity (Wildman–Crippen MR) is 134 cm³/mol. The zero-order valence-corrected chi connectivity index (χ0v) is 20.3. The molecule has 0 aliphatic carbocycles. The molecule has 0 radical (unpaired) electrons. The summed E-state index contributed by atoms with van der Waals surface area (Å²) in [5, 5.41) is 17.9. The lowest BCUT2D eigenvalue weighted by atomic mass is 10.1. The van der Waals surface area contributed by atoms with Gasteiger partial charge in [-0.3, -0.25) is 0 Å². The minimum atomic E-state index is -0.901. The van der Waals surface area contributed by atoms with Crippen molar-refractivity contribution in [2.24, 2.45) is 0 Å². The van der Waals surface area contributed by atoms with Crippen LogP contribution in [0.4, 0.5) is 5.82 Å². The Morgan fingerprint density at radius 3 is 2.76 bits per heavy atom. The molecule has 2 aromatic carbocycles. The minimum Gasteiger partial charge on any atom is -0.478 e. The molecular formula is C24H23BrClN5O2. The maximum Gasteiger partial charge on any atom is 0.336 e. The van der Waals surface area contributed by atoms with E-state index < -0.39 is 5.97 Å². The monoisotopic (exact) mass is 527 g/mol. The molecule has 170 valence electrons. The Kier molecular flexibility index (Phi) is 7.27. The number of benzene rings is 2. The average molecular weight is 529 g/mol. The molecule has 0 saturated carbocycles. The van der Waals surface area contributed by atoms with Gasteiger partial charge < -0.3 is 15.3 Å². The number of anilines is 1. The fourth-order valence-electron chi connectivity index (χ4n) is 3.67. The van der Waals surface area contributed by atoms with Gasteiger partial charge in [-0.1, -0.05) is 48.0 Å². The maximum atomic E-state index is 11.4. The van der Waals surface area contributed by atoms with E-state index >= 15 is 0 Å². The van der Waals surface area contributed by atoms with E-state index in [0.717, 1.165) is 40.1 Å². The van der Waals surface area contributed by atoms with Crippen molar-refractivity contribution < 1.29 is 9.90 Å². The highest BCUT2D eigenvalue weighted by atomic mass is 79.9. The van der Waals surface area contributed by atoms with Gasteiger partial charge in [0.05, 0.1) is 21.9 Å². The first-order valence-corrected chi connectivity index (χ1v) is 11.6. The fourth-order valence-corrected chi connectivity index (χ4v) is 4.25. The second-order valence-corrected chi connectivity index (χ2v) is 8.98. The van der Waals surface area contributed by atoms with Gasteiger partial charge in [0.15, 0.2) is 5.65 Å². The first-order chi connectivity index (χ1) is 15.9. The van der Waals surface area contributed by atoms with Crippen LogP contribution in [0.1, 0.15) is 22.3 Å². The van der Waals surface area contributed by atoms with Crippen molar-refractivity contribution in [3.8, 4) is 11.3 Å². The highest BCUT2D eigenvalue weighted by Crippen LogP contribution is 2.30. The number of hydrogen-bond acceptors (Lipinski definition) is 5. The van der Waals surface area contributed by atoms with Crippen molar-refractivity contribution in [2.75, 3.05) is 25.5 Å². The molecule has 0 atom stereocenters. The summed E-state index contributed by atoms with van der Waals surface area (Å²) in [5.41, 5.74) is 3.48. The van der Waals surface area contributed by atoms with Crippen LogP contribution in [-0.2, 0) is 6.54 Å². The molecule has 4 rings (SSSR count). The summed E-state index contributed by atoms with van der Waals surface area (Å²) in [6.45, 7) is 2.09. The third-order valence-electron chi connectivity index (χ3n) is 5.29. The Morgan fingerprint density at radius 1 is 1.21 bits per heavy atom. The van der Waals surface area contributed by atoms with Gasteiger partial charge in [0.25, 0.3) is 0 Å². The Balaban J connectivity index is 1.43. The van der Waals surface area contributed by atoms with E-state index in [1.165, 1.54) is 0 Å². The molecule has 2 heterocycles. The lowest BCUT2D eigenvalue weighted by Crippen LogP contribution is -2.22. The van der Waals surface area contributed by atoms with Gasteiger partial charge in [0, 0.05) is 29.7 Å². The van der Waals surface area contributed by atoms with Crippen molar-refractivity contribution >= 4 is 45.0 Å². The van der Waals surface area contributed by atoms with Gasteiger partial charge >= 0.3 is 5.97 Å². The Bertz CT molecular complexity index is 1290. The van der Waals surface area contributed by atoms with E-state index in [0.29, 0.717) is 29.3 Å². The van der Waals surface area contributed by atoms with E-state index in [-0.39, 0.29) is 0 Å². The minimum absolute atomic E-state index is 0.345. The molecule has 0 fully saturated rings. The van der Waals surface area contributed by atoms with Gasteiger partial charge in [0.2, 0.25) is 0 Å². The molecule has 0 saturated heterocycles. The second-order valence-electron chi connectivity index (χ2n) is 7.71. The van der Waals surface area contributed by atoms with Crippen molar-refractivity contribution in [1.29, 1.82) is 0 Å². The van der Waals surface area contributed by atoms with E-state index in [2.05, 4.69) is 31.2 Å². The second kappa shape index (κ2) is 10.3. The third-order valence-corrected chi connectivity index (χ3v) is 6.18. The van der Waals surface area contributed by atoms with E-state index in [1.807, 2.05) is 49.5 Å². The van der Waals surface area contributed by atoms with Gasteiger partial charge in [-0.2, -0.15) is 9.61 Å². The van der Waals surface area contributed by atoms with Gasteiger partial charge in [0.1, 0.15) is 5.82 Å². The summed E-state index contributed by atoms with van der Waals surface area (Å²) < 4.78 is 2.56. The first-order valence-electron chi connectivity index (χ1n) is 10.5. The summed E-state index contributed by atoms with van der Waals surface area (Å²) >= 11 is 9.92. The van der Waals surface area contributed by atoms with Gasteiger partial charge in [-0.25, -0.2) is 9.78 Å². The SMILES string of the molecule is CN(CCCNc1cc(-c2ccccc2Cl)nc2c(Br)cnn12)Cc1ccccc1C(=O)O. The zero-order valence-electron chi connectivity index (χ0n) is 18.0. The summed E-state index contributed by atoms with van der Waals surface area (Å²) in [4.78, 5) is 18.3. The lowest BCUT2D eigenvalue weighted by molar-refractivity contribution is 0.0694. The molecule has 0 aliphatic heterocycles. The number of aromatic carboxylic acids is 1. The van der Waals surface area contributed by atoms with Crippen molar-refractivity contribution in [1.82, 2.24) is 19.5 Å². The molecule has 33 heavy (non-hydrogen) atoms. The zero-order chi connectivity index (χ0) is 23.4. The van der Waals surface area contributed by atoms with E-state index in [1.54, 1.807) is 22.8 Å². The van der Waals surface area contributed by atoms with Crippen LogP contribution in [-0.4, -0.2) is 50.7 Å². The van der Waals surface area contributed by atoms with Gasteiger partial charge in [-0.15, -0.1) is 0 Å². The van der Waals surface area contributed by atoms with Crippen molar-refractivity contribution in [3.05, 3.63) is 81.4 Å². The molecular weight excluding hydrogens is 506 g/mol. The summed E-state index contributed by atoms with van der Waals surface area (Å²) in [7, 11) is 1.99.